The first kappa shape index (κ1) is 19.8. The van der Waals surface area contributed by atoms with E-state index in [-0.39, 0.29) is 17.5 Å². The fourth-order valence-corrected chi connectivity index (χ4v) is 5.67. The van der Waals surface area contributed by atoms with Crippen LogP contribution < -0.4 is 0 Å². The van der Waals surface area contributed by atoms with Gasteiger partial charge in [0.2, 0.25) is 0 Å². The topological polar surface area (TPSA) is 81.2 Å². The molecule has 0 amide bonds. The molecule has 7 nitrogen and oxygen atoms in total. The van der Waals surface area contributed by atoms with Gasteiger partial charge in [0.05, 0.1) is 28.9 Å². The van der Waals surface area contributed by atoms with E-state index in [4.69, 9.17) is 4.52 Å². The van der Waals surface area contributed by atoms with E-state index in [0.717, 1.165) is 34.0 Å². The number of nitrogens with zero attached hydrogens (tertiary/aromatic N) is 4. The lowest BCUT2D eigenvalue weighted by Gasteiger charge is -2.16. The van der Waals surface area contributed by atoms with Crippen molar-refractivity contribution in [1.29, 1.82) is 0 Å². The van der Waals surface area contributed by atoms with Crippen LogP contribution in [0.5, 0.6) is 0 Å². The summed E-state index contributed by atoms with van der Waals surface area (Å²) in [6.45, 7) is 5.38. The number of sulfone groups is 1. The second-order valence-corrected chi connectivity index (χ2v) is 10.1. The second-order valence-electron chi connectivity index (χ2n) is 7.87. The molecule has 1 fully saturated rings. The van der Waals surface area contributed by atoms with Gasteiger partial charge in [-0.05, 0) is 27.3 Å². The van der Waals surface area contributed by atoms with Crippen LogP contribution >= 0.6 is 0 Å². The molecule has 3 heterocycles. The highest BCUT2D eigenvalue weighted by atomic mass is 32.2. The third-order valence-corrected chi connectivity index (χ3v) is 7.26. The van der Waals surface area contributed by atoms with Gasteiger partial charge in [0.15, 0.2) is 15.6 Å². The number of hydrogen-bond donors (Lipinski definition) is 0. The van der Waals surface area contributed by atoms with Crippen LogP contribution in [0.1, 0.15) is 35.1 Å². The minimum Gasteiger partial charge on any atom is -0.356 e. The van der Waals surface area contributed by atoms with Gasteiger partial charge < -0.3 is 4.52 Å². The summed E-state index contributed by atoms with van der Waals surface area (Å²) in [5.41, 5.74) is 5.01. The molecule has 0 aliphatic carbocycles. The molecule has 0 N–H and O–H groups in total. The van der Waals surface area contributed by atoms with E-state index in [1.54, 1.807) is 0 Å². The van der Waals surface area contributed by atoms with Gasteiger partial charge in [-0.25, -0.2) is 8.42 Å². The van der Waals surface area contributed by atoms with E-state index in [2.05, 4.69) is 15.2 Å². The van der Waals surface area contributed by atoms with E-state index in [1.165, 1.54) is 0 Å². The SMILES string of the molecule is Cc1nn([C@@H]2CCS(=O)(=O)C2)c(C)c1CN(C)Cc1cc(-c2ccccc2)on1. The van der Waals surface area contributed by atoms with Gasteiger partial charge in [-0.15, -0.1) is 0 Å². The molecular weight excluding hydrogens is 388 g/mol. The van der Waals surface area contributed by atoms with Crippen molar-refractivity contribution in [3.8, 4) is 11.3 Å². The van der Waals surface area contributed by atoms with E-state index in [0.29, 0.717) is 19.5 Å². The Labute approximate surface area is 171 Å². The minimum absolute atomic E-state index is 0.0540. The van der Waals surface area contributed by atoms with Crippen LogP contribution in [0, 0.1) is 13.8 Å². The summed E-state index contributed by atoms with van der Waals surface area (Å²) in [5, 5.41) is 8.85. The molecule has 0 spiro atoms. The number of rotatable bonds is 6. The van der Waals surface area contributed by atoms with Gasteiger partial charge in [0, 0.05) is 36.0 Å². The molecule has 1 atom stereocenters. The molecule has 0 unspecified atom stereocenters. The Balaban J connectivity index is 1.45. The molecule has 8 heteroatoms. The molecular formula is C21H26N4O3S. The van der Waals surface area contributed by atoms with E-state index >= 15 is 0 Å². The van der Waals surface area contributed by atoms with Crippen molar-refractivity contribution in [2.24, 2.45) is 0 Å². The predicted octanol–water partition coefficient (Wildman–Crippen LogP) is 3.15. The second kappa shape index (κ2) is 7.76. The highest BCUT2D eigenvalue weighted by molar-refractivity contribution is 7.91. The summed E-state index contributed by atoms with van der Waals surface area (Å²) < 4.78 is 31.1. The minimum atomic E-state index is -2.94. The zero-order valence-electron chi connectivity index (χ0n) is 17.0. The summed E-state index contributed by atoms with van der Waals surface area (Å²) >= 11 is 0. The quantitative estimate of drug-likeness (QED) is 0.616. The normalized spacial score (nSPS) is 18.6. The van der Waals surface area contributed by atoms with Crippen LogP contribution in [-0.4, -0.2) is 46.8 Å². The number of aromatic nitrogens is 3. The van der Waals surface area contributed by atoms with E-state index < -0.39 is 9.84 Å². The predicted molar refractivity (Wildman–Crippen MR) is 111 cm³/mol. The van der Waals surface area contributed by atoms with Gasteiger partial charge >= 0.3 is 0 Å². The molecule has 4 rings (SSSR count). The van der Waals surface area contributed by atoms with Crippen molar-refractivity contribution < 1.29 is 12.9 Å². The first-order valence-corrected chi connectivity index (χ1v) is 11.6. The van der Waals surface area contributed by atoms with Gasteiger partial charge in [-0.1, -0.05) is 35.5 Å². The average molecular weight is 415 g/mol. The lowest BCUT2D eigenvalue weighted by molar-refractivity contribution is 0.303. The number of aryl methyl sites for hydroxylation is 1. The van der Waals surface area contributed by atoms with E-state index in [9.17, 15) is 8.42 Å². The van der Waals surface area contributed by atoms with Gasteiger partial charge in [0.1, 0.15) is 0 Å². The summed E-state index contributed by atoms with van der Waals surface area (Å²) in [4.78, 5) is 2.17. The van der Waals surface area contributed by atoms with E-state index in [1.807, 2.05) is 62.0 Å². The lowest BCUT2D eigenvalue weighted by atomic mass is 10.1. The first-order valence-electron chi connectivity index (χ1n) is 9.77. The van der Waals surface area contributed by atoms with Crippen LogP contribution in [0.3, 0.4) is 0 Å². The molecule has 1 aromatic carbocycles. The number of benzene rings is 1. The van der Waals surface area contributed by atoms with Crippen molar-refractivity contribution in [3.63, 3.8) is 0 Å². The first-order chi connectivity index (χ1) is 13.8. The fourth-order valence-electron chi connectivity index (χ4n) is 3.98. The fraction of sp³-hybridized carbons (Fsp3) is 0.429. The van der Waals surface area contributed by atoms with Gasteiger partial charge in [-0.2, -0.15) is 5.10 Å². The maximum atomic E-state index is 11.8. The number of hydrogen-bond acceptors (Lipinski definition) is 6. The summed E-state index contributed by atoms with van der Waals surface area (Å²) in [7, 11) is -0.903. The highest BCUT2D eigenvalue weighted by Crippen LogP contribution is 2.27. The van der Waals surface area contributed by atoms with Gasteiger partial charge in [0.25, 0.3) is 0 Å². The smallest absolute Gasteiger partial charge is 0.167 e. The Bertz CT molecular complexity index is 1100. The third kappa shape index (κ3) is 4.28. The lowest BCUT2D eigenvalue weighted by Crippen LogP contribution is -2.19. The molecule has 29 heavy (non-hydrogen) atoms. The third-order valence-electron chi connectivity index (χ3n) is 5.51. The van der Waals surface area contributed by atoms with Crippen LogP contribution in [0.15, 0.2) is 40.9 Å². The molecule has 0 saturated carbocycles. The molecule has 1 saturated heterocycles. The van der Waals surface area contributed by atoms with Crippen LogP contribution in [-0.2, 0) is 22.9 Å². The zero-order chi connectivity index (χ0) is 20.6. The molecule has 0 bridgehead atoms. The Morgan fingerprint density at radius 1 is 1.21 bits per heavy atom. The Kier molecular flexibility index (Phi) is 5.31. The highest BCUT2D eigenvalue weighted by Gasteiger charge is 2.31. The van der Waals surface area contributed by atoms with Crippen LogP contribution in [0.4, 0.5) is 0 Å². The zero-order valence-corrected chi connectivity index (χ0v) is 17.8. The summed E-state index contributed by atoms with van der Waals surface area (Å²) in [6.07, 6.45) is 0.640. The molecule has 1 aliphatic rings. The van der Waals surface area contributed by atoms with Crippen molar-refractivity contribution in [3.05, 3.63) is 59.0 Å². The molecule has 3 aromatic rings. The molecule has 0 radical (unpaired) electrons. The molecule has 154 valence electrons. The van der Waals surface area contributed by atoms with Crippen molar-refractivity contribution in [1.82, 2.24) is 19.8 Å². The Morgan fingerprint density at radius 3 is 2.66 bits per heavy atom. The standard InChI is InChI=1S/C21H26N4O3S/c1-15-20(16(2)25(22-15)19-9-10-29(26,27)14-19)13-24(3)12-18-11-21(28-23-18)17-7-5-4-6-8-17/h4-8,11,19H,9-10,12-14H2,1-3H3/t19-/m1/s1. The molecule has 1 aliphatic heterocycles. The molecule has 2 aromatic heterocycles. The maximum Gasteiger partial charge on any atom is 0.167 e. The summed E-state index contributed by atoms with van der Waals surface area (Å²) in [6, 6.07) is 11.8. The average Bonchev–Trinajstić information content (AvgIpc) is 3.36. The van der Waals surface area contributed by atoms with Crippen LogP contribution in [0.2, 0.25) is 0 Å². The Morgan fingerprint density at radius 2 is 1.97 bits per heavy atom. The largest absolute Gasteiger partial charge is 0.356 e. The van der Waals surface area contributed by atoms with Crippen molar-refractivity contribution >= 4 is 9.84 Å². The van der Waals surface area contributed by atoms with Gasteiger partial charge in [-0.3, -0.25) is 9.58 Å². The maximum absolute atomic E-state index is 11.8. The van der Waals surface area contributed by atoms with Crippen molar-refractivity contribution in [2.75, 3.05) is 18.6 Å². The van der Waals surface area contributed by atoms with Crippen molar-refractivity contribution in [2.45, 2.75) is 39.4 Å². The monoisotopic (exact) mass is 414 g/mol. The summed E-state index contributed by atoms with van der Waals surface area (Å²) in [5.74, 6) is 1.20. The van der Waals surface area contributed by atoms with Crippen LogP contribution in [0.25, 0.3) is 11.3 Å². The Hall–Kier alpha value is -2.45.